The van der Waals surface area contributed by atoms with E-state index in [1.165, 1.54) is 23.1 Å². The Kier molecular flexibility index (Phi) is 17.8. The van der Waals surface area contributed by atoms with Crippen LogP contribution in [0, 0.1) is 12.3 Å². The highest BCUT2D eigenvalue weighted by Crippen LogP contribution is 2.59. The molecule has 10 rings (SSSR count). The van der Waals surface area contributed by atoms with Gasteiger partial charge in [-0.3, -0.25) is 0 Å². The molecule has 1 atom stereocenters. The van der Waals surface area contributed by atoms with Crippen LogP contribution < -0.4 is 169 Å². The van der Waals surface area contributed by atoms with Crippen LogP contribution in [0.4, 0.5) is 17.1 Å². The molecule has 1 unspecified atom stereocenters. The van der Waals surface area contributed by atoms with E-state index >= 15 is 0 Å². The van der Waals surface area contributed by atoms with Crippen LogP contribution in [0.3, 0.4) is 0 Å². The van der Waals surface area contributed by atoms with Crippen molar-refractivity contribution in [2.75, 3.05) is 4.90 Å². The molecule has 1 nitrogen and oxygen atoms in total. The molecular weight excluding hydrogens is 1040 g/mol. The van der Waals surface area contributed by atoms with E-state index in [1.807, 2.05) is 0 Å². The smallest absolute Gasteiger partial charge is 0.125 e. The lowest BCUT2D eigenvalue weighted by Gasteiger charge is -2.39. The number of benzene rings is 8. The number of terminal acetylenes is 1. The van der Waals surface area contributed by atoms with E-state index in [4.69, 9.17) is 265 Å². The summed E-state index contributed by atoms with van der Waals surface area (Å²) in [5.74, 6) is 2.30. The van der Waals surface area contributed by atoms with Gasteiger partial charge in [0.05, 0.1) is 0 Å². The van der Waals surface area contributed by atoms with Crippen LogP contribution in [0.15, 0.2) is 34.6 Å². The normalized spacial score (nSPS) is 14.7. The first-order valence-electron chi connectivity index (χ1n) is 26.4. The van der Waals surface area contributed by atoms with Crippen molar-refractivity contribution < 1.29 is 0 Å². The number of allylic oxidation sites excluding steroid dienone is 4. The van der Waals surface area contributed by atoms with Crippen molar-refractivity contribution in [1.82, 2.24) is 0 Å². The van der Waals surface area contributed by atoms with E-state index in [0.717, 1.165) is 0 Å². The van der Waals surface area contributed by atoms with Crippen molar-refractivity contribution in [2.45, 2.75) is 11.8 Å². The van der Waals surface area contributed by atoms with E-state index in [9.17, 15) is 0 Å². The number of rotatable bonds is 7. The largest absolute Gasteiger partial charge is 0.314 e. The molecule has 8 aromatic carbocycles. The molecule has 66 radical (unpaired) electrons. The molecule has 334 valence electrons. The molecule has 0 saturated carbocycles. The molecule has 0 heterocycles. The van der Waals surface area contributed by atoms with Gasteiger partial charge in [0.1, 0.15) is 259 Å². The molecule has 2 aliphatic carbocycles. The molecule has 0 N–H and O–H groups in total. The maximum absolute atomic E-state index is 7.62. The Bertz CT molecular complexity index is 4550. The van der Waals surface area contributed by atoms with Gasteiger partial charge in [-0.05, 0) is 84.8 Å². The van der Waals surface area contributed by atoms with Gasteiger partial charge in [0.25, 0.3) is 0 Å². The van der Waals surface area contributed by atoms with Gasteiger partial charge in [-0.2, -0.15) is 0 Å². The molecule has 0 aromatic heterocycles. The summed E-state index contributed by atoms with van der Waals surface area (Å²) in [6.45, 7) is 0. The lowest BCUT2D eigenvalue weighted by molar-refractivity contribution is 0.695. The summed E-state index contributed by atoms with van der Waals surface area (Å²) < 4.78 is 0. The third-order valence-corrected chi connectivity index (χ3v) is 17.4. The summed E-state index contributed by atoms with van der Waals surface area (Å²) in [4.78, 5) is 1.29. The molecule has 0 bridgehead atoms. The fourth-order valence-electron chi connectivity index (χ4n) is 12.7. The van der Waals surface area contributed by atoms with Crippen LogP contribution in [0.2, 0.25) is 0 Å². The zero-order valence-corrected chi connectivity index (χ0v) is 48.0. The molecule has 34 heteroatoms. The van der Waals surface area contributed by atoms with Gasteiger partial charge >= 0.3 is 0 Å². The number of hydrogen-bond acceptors (Lipinski definition) is 1. The number of fused-ring (bicyclic) bond motifs is 7. The molecule has 0 amide bonds. The molecule has 1 spiro atoms. The predicted molar refractivity (Wildman–Crippen MR) is 415 cm³/mol. The molecular formula is C56H6B33N. The Hall–Kier alpha value is -5.26. The lowest BCUT2D eigenvalue weighted by Crippen LogP contribution is -2.58. The summed E-state index contributed by atoms with van der Waals surface area (Å²) in [5, 5.41) is 0. The quantitative estimate of drug-likeness (QED) is 0.114. The number of hydrogen-bond donors (Lipinski definition) is 0. The monoisotopic (exact) mass is 1060 g/mol. The van der Waals surface area contributed by atoms with Crippen LogP contribution in [0.25, 0.3) is 50.1 Å². The van der Waals surface area contributed by atoms with E-state index in [0.29, 0.717) is 0 Å². The Morgan fingerprint density at radius 1 is 0.322 bits per heavy atom. The van der Waals surface area contributed by atoms with Gasteiger partial charge < -0.3 is 4.90 Å². The van der Waals surface area contributed by atoms with Crippen molar-refractivity contribution in [3.05, 3.63) is 56.9 Å². The SMILES string of the molecule is [B]/C(C#C)=C([B])/C([B])=C1\CC2(c3c([B])c([B])c([B])c([B])c31)c1c([B])c([B])c([B])c([B])c1-c1c([B])c([B])c(-c3ccc(N(c4c([B])c([B])c(-c5c([B])c([B])c([B])c([B])c5[B])c([B])c4[B])c4c([B])c([B])c(-c5c([B])c([B])c([B])c([B])c5[B])c([B])c4[B])c([B])c3)c([B])c12. The van der Waals surface area contributed by atoms with Gasteiger partial charge in [0.2, 0.25) is 0 Å². The first-order chi connectivity index (χ1) is 41.9. The molecule has 8 aromatic rings. The van der Waals surface area contributed by atoms with Gasteiger partial charge in [-0.15, -0.1) is 66.5 Å². The minimum Gasteiger partial charge on any atom is -0.314 e. The molecule has 0 fully saturated rings. The van der Waals surface area contributed by atoms with Gasteiger partial charge in [0.15, 0.2) is 0 Å². The summed E-state index contributed by atoms with van der Waals surface area (Å²) in [6.07, 6.45) is 5.47. The third kappa shape index (κ3) is 9.23. The maximum Gasteiger partial charge on any atom is 0.125 e. The van der Waals surface area contributed by atoms with Crippen LogP contribution in [0.5, 0.6) is 0 Å². The minimum absolute atomic E-state index is 0.0292. The third-order valence-electron chi connectivity index (χ3n) is 17.4. The van der Waals surface area contributed by atoms with Crippen LogP contribution >= 0.6 is 0 Å². The fraction of sp³-hybridized carbons (Fsp3) is 0.0357. The Balaban J connectivity index is 1.31. The summed E-state index contributed by atoms with van der Waals surface area (Å²) in [6, 6.07) is 4.47. The molecule has 2 aliphatic rings. The lowest BCUT2D eigenvalue weighted by atomic mass is 9.56. The second-order valence-electron chi connectivity index (χ2n) is 21.9. The summed E-state index contributed by atoms with van der Waals surface area (Å²) in [7, 11) is 224. The highest BCUT2D eigenvalue weighted by atomic mass is 15.2. The van der Waals surface area contributed by atoms with Gasteiger partial charge in [-0.1, -0.05) is 138 Å². The minimum atomic E-state index is -1.76. The maximum atomic E-state index is 7.62. The van der Waals surface area contributed by atoms with E-state index in [-0.39, 0.29) is 276 Å². The van der Waals surface area contributed by atoms with Crippen molar-refractivity contribution in [3.63, 3.8) is 0 Å². The topological polar surface area (TPSA) is 3.24 Å². The van der Waals surface area contributed by atoms with Crippen molar-refractivity contribution in [1.29, 1.82) is 0 Å². The number of anilines is 3. The second-order valence-corrected chi connectivity index (χ2v) is 21.9. The Morgan fingerprint density at radius 2 is 0.600 bits per heavy atom. The second kappa shape index (κ2) is 23.6. The van der Waals surface area contributed by atoms with E-state index in [1.54, 1.807) is 0 Å². The van der Waals surface area contributed by atoms with E-state index < -0.39 is 5.41 Å². The average molecular weight is 1050 g/mol. The first kappa shape index (κ1) is 67.6. The van der Waals surface area contributed by atoms with Crippen molar-refractivity contribution >= 4 is 445 Å². The van der Waals surface area contributed by atoms with Gasteiger partial charge in [0, 0.05) is 22.5 Å². The highest BCUT2D eigenvalue weighted by Gasteiger charge is 2.54. The standard InChI is InChI=1S/C56H6B33N/c1-2-9(57)24(60)23(59)8-6-56(20-13(8)27(63)40(76)46(82)38(20)74)21-14(15-22(56)39(75)47(83)41(77)29(15)65)28(64)26(62)12(25(21)61)7-3-4-11(10(58)5-7)90(54-50(86)34(70)18(35(71)51(54)87)16-30(66)42(78)48(84)43(79)31(16)67)55-52(88)36(72)19(37(73)53(55)89)17-32(68)44(80)49(85)45(81)33(17)69/h1,3-5H,6H2/b23-8-,24-9-. The van der Waals surface area contributed by atoms with E-state index in [2.05, 4.69) is 5.92 Å². The number of nitrogens with zero attached hydrogens (tertiary/aromatic N) is 1. The molecule has 0 aliphatic heterocycles. The molecule has 0 saturated heterocycles. The summed E-state index contributed by atoms with van der Waals surface area (Å²) >= 11 is 0. The zero-order valence-electron chi connectivity index (χ0n) is 48.0. The summed E-state index contributed by atoms with van der Waals surface area (Å²) in [5.41, 5.74) is -6.59. The zero-order chi connectivity index (χ0) is 66.9. The highest BCUT2D eigenvalue weighted by molar-refractivity contribution is 6.75. The predicted octanol–water partition coefficient (Wildman–Crippen LogP) is -23.2. The van der Waals surface area contributed by atoms with Gasteiger partial charge in [-0.25, -0.2) is 0 Å². The molecule has 90 heavy (non-hydrogen) atoms. The Labute approximate surface area is 571 Å². The first-order valence-corrected chi connectivity index (χ1v) is 26.4. The van der Waals surface area contributed by atoms with Crippen LogP contribution in [-0.2, 0) is 5.41 Å². The van der Waals surface area contributed by atoms with Crippen LogP contribution in [0.1, 0.15) is 28.7 Å². The van der Waals surface area contributed by atoms with Crippen molar-refractivity contribution in [2.24, 2.45) is 0 Å². The average Bonchev–Trinajstić information content (AvgIpc) is 1.49. The fourth-order valence-corrected chi connectivity index (χ4v) is 12.7. The van der Waals surface area contributed by atoms with Crippen molar-refractivity contribution in [3.8, 4) is 56.9 Å². The Morgan fingerprint density at radius 3 is 0.956 bits per heavy atom. The van der Waals surface area contributed by atoms with Crippen LogP contribution in [-0.4, -0.2) is 259 Å².